The van der Waals surface area contributed by atoms with Crippen molar-refractivity contribution in [3.05, 3.63) is 70.5 Å². The van der Waals surface area contributed by atoms with Crippen molar-refractivity contribution in [2.45, 2.75) is 12.5 Å². The molecular formula is C23H24ClN3O4. The van der Waals surface area contributed by atoms with Crippen LogP contribution in [-0.2, 0) is 14.3 Å². The Morgan fingerprint density at radius 2 is 1.74 bits per heavy atom. The molecule has 8 heteroatoms. The smallest absolute Gasteiger partial charge is 0.295 e. The average Bonchev–Trinajstić information content (AvgIpc) is 3.05. The zero-order valence-corrected chi connectivity index (χ0v) is 17.8. The van der Waals surface area contributed by atoms with E-state index < -0.39 is 17.7 Å². The highest BCUT2D eigenvalue weighted by molar-refractivity contribution is 6.46. The lowest BCUT2D eigenvalue weighted by Crippen LogP contribution is -2.38. The summed E-state index contributed by atoms with van der Waals surface area (Å²) in [6.45, 7) is 4.37. The maximum absolute atomic E-state index is 13.0. The second-order valence-corrected chi connectivity index (χ2v) is 8.02. The first-order chi connectivity index (χ1) is 15.1. The van der Waals surface area contributed by atoms with E-state index in [1.165, 1.54) is 0 Å². The molecule has 2 aliphatic heterocycles. The second-order valence-electron chi connectivity index (χ2n) is 7.59. The number of nitrogens with zero attached hydrogens (tertiary/aromatic N) is 3. The summed E-state index contributed by atoms with van der Waals surface area (Å²) in [4.78, 5) is 33.8. The van der Waals surface area contributed by atoms with Gasteiger partial charge in [0.15, 0.2) is 0 Å². The van der Waals surface area contributed by atoms with Gasteiger partial charge in [-0.2, -0.15) is 0 Å². The van der Waals surface area contributed by atoms with Crippen molar-refractivity contribution in [2.75, 3.05) is 39.4 Å². The summed E-state index contributed by atoms with van der Waals surface area (Å²) in [6.07, 6.45) is 3.95. The van der Waals surface area contributed by atoms with Gasteiger partial charge in [-0.15, -0.1) is 0 Å². The van der Waals surface area contributed by atoms with Crippen molar-refractivity contribution in [2.24, 2.45) is 0 Å². The lowest BCUT2D eigenvalue weighted by Gasteiger charge is -2.29. The van der Waals surface area contributed by atoms with E-state index in [0.29, 0.717) is 30.3 Å². The molecule has 0 saturated carbocycles. The molecule has 2 aliphatic rings. The minimum absolute atomic E-state index is 0.0879. The lowest BCUT2D eigenvalue weighted by molar-refractivity contribution is -0.140. The summed E-state index contributed by atoms with van der Waals surface area (Å²) < 4.78 is 5.38. The number of amides is 1. The van der Waals surface area contributed by atoms with Crippen LogP contribution in [0.15, 0.2) is 54.4 Å². The Labute approximate surface area is 185 Å². The Balaban J connectivity index is 1.64. The highest BCUT2D eigenvalue weighted by atomic mass is 35.5. The van der Waals surface area contributed by atoms with Gasteiger partial charge in [-0.1, -0.05) is 11.6 Å². The maximum atomic E-state index is 13.0. The minimum Gasteiger partial charge on any atom is -0.507 e. The largest absolute Gasteiger partial charge is 0.507 e. The fraction of sp³-hybridized carbons (Fsp3) is 0.348. The normalized spacial score (nSPS) is 21.6. The number of hydrogen-bond donors (Lipinski definition) is 1. The van der Waals surface area contributed by atoms with Crippen LogP contribution in [-0.4, -0.2) is 71.0 Å². The Kier molecular flexibility index (Phi) is 6.65. The number of aliphatic hydroxyl groups excluding tert-OH is 1. The van der Waals surface area contributed by atoms with Gasteiger partial charge in [-0.3, -0.25) is 19.5 Å². The van der Waals surface area contributed by atoms with Crippen molar-refractivity contribution in [1.29, 1.82) is 0 Å². The molecule has 1 N–H and O–H groups in total. The highest BCUT2D eigenvalue weighted by Gasteiger charge is 2.45. The molecule has 0 aliphatic carbocycles. The number of aromatic nitrogens is 1. The number of carbonyl (C=O) groups excluding carboxylic acids is 2. The first kappa shape index (κ1) is 21.5. The van der Waals surface area contributed by atoms with Gasteiger partial charge in [-0.25, -0.2) is 0 Å². The van der Waals surface area contributed by atoms with Gasteiger partial charge in [0.05, 0.1) is 24.8 Å². The van der Waals surface area contributed by atoms with Gasteiger partial charge in [0.25, 0.3) is 11.7 Å². The Bertz CT molecular complexity index is 972. The van der Waals surface area contributed by atoms with Gasteiger partial charge in [0.1, 0.15) is 5.76 Å². The summed E-state index contributed by atoms with van der Waals surface area (Å²) in [5.41, 5.74) is 1.26. The molecule has 3 heterocycles. The number of morpholine rings is 1. The Morgan fingerprint density at radius 1 is 1.06 bits per heavy atom. The number of carbonyl (C=O) groups is 2. The Hall–Kier alpha value is -2.74. The number of ether oxygens (including phenoxy) is 1. The minimum atomic E-state index is -0.680. The van der Waals surface area contributed by atoms with E-state index in [4.69, 9.17) is 16.3 Å². The van der Waals surface area contributed by atoms with Crippen LogP contribution in [0.25, 0.3) is 5.76 Å². The summed E-state index contributed by atoms with van der Waals surface area (Å²) >= 11 is 5.95. The molecule has 2 fully saturated rings. The fourth-order valence-electron chi connectivity index (χ4n) is 4.06. The molecule has 162 valence electrons. The molecular weight excluding hydrogens is 418 g/mol. The van der Waals surface area contributed by atoms with Crippen LogP contribution in [0, 0.1) is 0 Å². The third-order valence-corrected chi connectivity index (χ3v) is 5.91. The number of likely N-dealkylation sites (tertiary alicyclic amines) is 1. The molecule has 0 unspecified atom stereocenters. The quantitative estimate of drug-likeness (QED) is 0.421. The van der Waals surface area contributed by atoms with Crippen LogP contribution in [0.4, 0.5) is 0 Å². The predicted molar refractivity (Wildman–Crippen MR) is 117 cm³/mol. The number of aliphatic hydroxyl groups is 1. The summed E-state index contributed by atoms with van der Waals surface area (Å²) in [5.74, 6) is -1.48. The van der Waals surface area contributed by atoms with Crippen molar-refractivity contribution >= 4 is 29.1 Å². The molecule has 1 atom stereocenters. The zero-order valence-electron chi connectivity index (χ0n) is 17.0. The summed E-state index contributed by atoms with van der Waals surface area (Å²) in [7, 11) is 0. The molecule has 0 bridgehead atoms. The van der Waals surface area contributed by atoms with E-state index in [-0.39, 0.29) is 11.3 Å². The van der Waals surface area contributed by atoms with Gasteiger partial charge in [0, 0.05) is 49.2 Å². The van der Waals surface area contributed by atoms with Crippen LogP contribution < -0.4 is 0 Å². The third kappa shape index (κ3) is 4.63. The molecule has 4 rings (SSSR count). The second kappa shape index (κ2) is 9.60. The summed E-state index contributed by atoms with van der Waals surface area (Å²) in [6, 6.07) is 9.40. The summed E-state index contributed by atoms with van der Waals surface area (Å²) in [5, 5.41) is 11.5. The van der Waals surface area contributed by atoms with Crippen LogP contribution in [0.2, 0.25) is 5.02 Å². The van der Waals surface area contributed by atoms with E-state index in [1.54, 1.807) is 53.7 Å². The lowest BCUT2D eigenvalue weighted by atomic mass is 9.96. The number of Topliss-reactive ketones (excluding diaryl/α,β-unsaturated/α-hetero) is 1. The number of ketones is 1. The van der Waals surface area contributed by atoms with Gasteiger partial charge >= 0.3 is 0 Å². The first-order valence-corrected chi connectivity index (χ1v) is 10.7. The monoisotopic (exact) mass is 441 g/mol. The average molecular weight is 442 g/mol. The van der Waals surface area contributed by atoms with E-state index >= 15 is 0 Å². The van der Waals surface area contributed by atoms with Gasteiger partial charge < -0.3 is 14.7 Å². The van der Waals surface area contributed by atoms with E-state index in [2.05, 4.69) is 9.88 Å². The number of halogens is 1. The van der Waals surface area contributed by atoms with Crippen LogP contribution in [0.3, 0.4) is 0 Å². The van der Waals surface area contributed by atoms with Crippen molar-refractivity contribution in [3.63, 3.8) is 0 Å². The van der Waals surface area contributed by atoms with Crippen molar-refractivity contribution in [3.8, 4) is 0 Å². The topological polar surface area (TPSA) is 83.0 Å². The number of rotatable bonds is 6. The van der Waals surface area contributed by atoms with Crippen LogP contribution in [0.5, 0.6) is 0 Å². The van der Waals surface area contributed by atoms with E-state index in [9.17, 15) is 14.7 Å². The Morgan fingerprint density at radius 3 is 2.42 bits per heavy atom. The molecule has 31 heavy (non-hydrogen) atoms. The predicted octanol–water partition coefficient (Wildman–Crippen LogP) is 2.88. The maximum Gasteiger partial charge on any atom is 0.295 e. The van der Waals surface area contributed by atoms with Crippen LogP contribution >= 0.6 is 11.6 Å². The van der Waals surface area contributed by atoms with Gasteiger partial charge in [-0.05, 0) is 48.4 Å². The molecule has 7 nitrogen and oxygen atoms in total. The number of benzene rings is 1. The van der Waals surface area contributed by atoms with Crippen molar-refractivity contribution in [1.82, 2.24) is 14.8 Å². The molecule has 2 aromatic rings. The SMILES string of the molecule is O=C1C(=O)N(CCCN2CCOCC2)[C@H](c2ccncc2)/C1=C(\O)c1ccc(Cl)cc1. The van der Waals surface area contributed by atoms with Gasteiger partial charge in [0.2, 0.25) is 0 Å². The molecule has 1 aromatic heterocycles. The van der Waals surface area contributed by atoms with E-state index in [0.717, 1.165) is 31.6 Å². The molecule has 1 amide bonds. The zero-order chi connectivity index (χ0) is 21.8. The number of hydrogen-bond acceptors (Lipinski definition) is 6. The fourth-order valence-corrected chi connectivity index (χ4v) is 4.18. The van der Waals surface area contributed by atoms with E-state index in [1.807, 2.05) is 0 Å². The molecule has 0 radical (unpaired) electrons. The molecule has 0 spiro atoms. The standard InChI is InChI=1S/C23H24ClN3O4/c24-18-4-2-17(3-5-18)21(28)19-20(16-6-8-25-9-7-16)27(23(30)22(19)29)11-1-10-26-12-14-31-15-13-26/h2-9,20,28H,1,10-15H2/b21-19+/t20-/m1/s1. The highest BCUT2D eigenvalue weighted by Crippen LogP contribution is 2.39. The number of pyridine rings is 1. The third-order valence-electron chi connectivity index (χ3n) is 5.66. The first-order valence-electron chi connectivity index (χ1n) is 10.3. The van der Waals surface area contributed by atoms with Crippen molar-refractivity contribution < 1.29 is 19.4 Å². The van der Waals surface area contributed by atoms with Crippen LogP contribution in [0.1, 0.15) is 23.6 Å². The molecule has 2 saturated heterocycles. The molecule has 1 aromatic carbocycles.